The first kappa shape index (κ1) is 18.3. The minimum absolute atomic E-state index is 0.0662. The van der Waals surface area contributed by atoms with E-state index in [1.165, 1.54) is 5.56 Å². The van der Waals surface area contributed by atoms with Crippen molar-refractivity contribution in [2.45, 2.75) is 31.5 Å². The Morgan fingerprint density at radius 2 is 1.69 bits per heavy atom. The Kier molecular flexibility index (Phi) is 5.00. The Labute approximate surface area is 170 Å². The van der Waals surface area contributed by atoms with Crippen LogP contribution in [0.15, 0.2) is 73.1 Å². The Balaban J connectivity index is 1.29. The number of nitrogens with zero attached hydrogens (tertiary/aromatic N) is 3. The van der Waals surface area contributed by atoms with Crippen molar-refractivity contribution in [3.8, 4) is 5.69 Å². The number of morpholine rings is 1. The standard InChI is InChI=1S/C24H25N3O2/c28-24(19-7-9-21(10-8-19)27-12-4-11-25-27)20-13-22-16-29-17-23(14-20)26(22)15-18-5-2-1-3-6-18/h1-12,20,22-23H,13-17H2. The molecule has 5 nitrogen and oxygen atoms in total. The van der Waals surface area contributed by atoms with Crippen LogP contribution in [0.3, 0.4) is 0 Å². The molecule has 3 aromatic rings. The fourth-order valence-corrected chi connectivity index (χ4v) is 4.69. The lowest BCUT2D eigenvalue weighted by Gasteiger charge is -2.48. The number of rotatable bonds is 5. The number of ketones is 1. The first-order valence-corrected chi connectivity index (χ1v) is 10.3. The van der Waals surface area contributed by atoms with Crippen molar-refractivity contribution in [3.63, 3.8) is 0 Å². The van der Waals surface area contributed by atoms with Crippen LogP contribution in [0.2, 0.25) is 0 Å². The molecule has 2 aromatic carbocycles. The molecule has 2 atom stereocenters. The second-order valence-corrected chi connectivity index (χ2v) is 8.03. The summed E-state index contributed by atoms with van der Waals surface area (Å²) in [4.78, 5) is 15.8. The highest BCUT2D eigenvalue weighted by Crippen LogP contribution is 2.34. The highest BCUT2D eigenvalue weighted by Gasteiger charge is 2.41. The predicted molar refractivity (Wildman–Crippen MR) is 111 cm³/mol. The number of hydrogen-bond acceptors (Lipinski definition) is 4. The molecule has 2 aliphatic rings. The summed E-state index contributed by atoms with van der Waals surface area (Å²) in [5.74, 6) is 0.324. The van der Waals surface area contributed by atoms with Crippen molar-refractivity contribution < 1.29 is 9.53 Å². The van der Waals surface area contributed by atoms with Crippen molar-refractivity contribution in [1.82, 2.24) is 14.7 Å². The second kappa shape index (κ2) is 7.93. The van der Waals surface area contributed by atoms with Crippen molar-refractivity contribution in [1.29, 1.82) is 0 Å². The number of carbonyl (C=O) groups excluding carboxylic acids is 1. The summed E-state index contributed by atoms with van der Waals surface area (Å²) in [6, 6.07) is 20.9. The molecule has 3 heterocycles. The monoisotopic (exact) mass is 387 g/mol. The van der Waals surface area contributed by atoms with Gasteiger partial charge in [0.25, 0.3) is 0 Å². The third-order valence-corrected chi connectivity index (χ3v) is 6.17. The topological polar surface area (TPSA) is 47.4 Å². The molecule has 0 radical (unpaired) electrons. The van der Waals surface area contributed by atoms with E-state index in [2.05, 4.69) is 40.3 Å². The first-order chi connectivity index (χ1) is 14.3. The molecule has 0 aliphatic carbocycles. The van der Waals surface area contributed by atoms with Gasteiger partial charge in [0.1, 0.15) is 0 Å². The van der Waals surface area contributed by atoms with E-state index in [0.717, 1.165) is 30.6 Å². The number of benzene rings is 2. The smallest absolute Gasteiger partial charge is 0.166 e. The van der Waals surface area contributed by atoms with Crippen molar-refractivity contribution in [2.24, 2.45) is 5.92 Å². The number of fused-ring (bicyclic) bond motifs is 2. The second-order valence-electron chi connectivity index (χ2n) is 8.03. The third-order valence-electron chi connectivity index (χ3n) is 6.17. The van der Waals surface area contributed by atoms with Crippen LogP contribution in [-0.2, 0) is 11.3 Å². The molecule has 5 heteroatoms. The molecule has 2 bridgehead atoms. The molecule has 2 aliphatic heterocycles. The van der Waals surface area contributed by atoms with E-state index in [9.17, 15) is 4.79 Å². The average Bonchev–Trinajstić information content (AvgIpc) is 3.29. The first-order valence-electron chi connectivity index (χ1n) is 10.3. The number of aromatic nitrogens is 2. The van der Waals surface area contributed by atoms with Crippen LogP contribution < -0.4 is 0 Å². The zero-order chi connectivity index (χ0) is 19.6. The van der Waals surface area contributed by atoms with Crippen LogP contribution in [0, 0.1) is 5.92 Å². The number of Topliss-reactive ketones (excluding diaryl/α,β-unsaturated/α-hetero) is 1. The lowest BCUT2D eigenvalue weighted by Crippen LogP contribution is -2.57. The molecular weight excluding hydrogens is 362 g/mol. The van der Waals surface area contributed by atoms with Gasteiger partial charge < -0.3 is 4.74 Å². The molecule has 29 heavy (non-hydrogen) atoms. The van der Waals surface area contributed by atoms with Crippen molar-refractivity contribution >= 4 is 5.78 Å². The van der Waals surface area contributed by atoms with E-state index in [-0.39, 0.29) is 11.7 Å². The van der Waals surface area contributed by atoms with E-state index in [0.29, 0.717) is 25.3 Å². The number of piperidine rings is 1. The van der Waals surface area contributed by atoms with Crippen LogP contribution in [0.25, 0.3) is 5.69 Å². The predicted octanol–water partition coefficient (Wildman–Crippen LogP) is 3.73. The zero-order valence-electron chi connectivity index (χ0n) is 16.4. The lowest BCUT2D eigenvalue weighted by atomic mass is 9.80. The van der Waals surface area contributed by atoms with Crippen LogP contribution in [0.5, 0.6) is 0 Å². The van der Waals surface area contributed by atoms with Crippen LogP contribution in [-0.4, -0.2) is 45.8 Å². The summed E-state index contributed by atoms with van der Waals surface area (Å²) in [5.41, 5.74) is 3.08. The number of carbonyl (C=O) groups is 1. The normalized spacial score (nSPS) is 24.3. The molecular formula is C24H25N3O2. The SMILES string of the molecule is O=C(c1ccc(-n2cccn2)cc1)C1CC2COCC(C1)N2Cc1ccccc1. The maximum Gasteiger partial charge on any atom is 0.166 e. The summed E-state index contributed by atoms with van der Waals surface area (Å²) in [5, 5.41) is 4.24. The Bertz CT molecular complexity index is 940. The number of ether oxygens (including phenoxy) is 1. The Hall–Kier alpha value is -2.76. The maximum absolute atomic E-state index is 13.2. The quantitative estimate of drug-likeness (QED) is 0.626. The Morgan fingerprint density at radius 1 is 0.966 bits per heavy atom. The van der Waals surface area contributed by atoms with Gasteiger partial charge in [-0.15, -0.1) is 0 Å². The Morgan fingerprint density at radius 3 is 2.34 bits per heavy atom. The highest BCUT2D eigenvalue weighted by atomic mass is 16.5. The minimum atomic E-state index is 0.0662. The molecule has 0 N–H and O–H groups in total. The van der Waals surface area contributed by atoms with E-state index in [1.54, 1.807) is 10.9 Å². The van der Waals surface area contributed by atoms with Gasteiger partial charge >= 0.3 is 0 Å². The molecule has 0 spiro atoms. The van der Waals surface area contributed by atoms with Gasteiger partial charge in [-0.3, -0.25) is 9.69 Å². The minimum Gasteiger partial charge on any atom is -0.378 e. The van der Waals surface area contributed by atoms with E-state index in [4.69, 9.17) is 4.74 Å². The molecule has 0 saturated carbocycles. The molecule has 2 fully saturated rings. The van der Waals surface area contributed by atoms with Crippen LogP contribution in [0.4, 0.5) is 0 Å². The average molecular weight is 387 g/mol. The lowest BCUT2D eigenvalue weighted by molar-refractivity contribution is -0.0872. The van der Waals surface area contributed by atoms with Gasteiger partial charge in [-0.1, -0.05) is 30.3 Å². The van der Waals surface area contributed by atoms with Gasteiger partial charge in [0.15, 0.2) is 5.78 Å². The van der Waals surface area contributed by atoms with Gasteiger partial charge in [0.2, 0.25) is 0 Å². The zero-order valence-corrected chi connectivity index (χ0v) is 16.4. The highest BCUT2D eigenvalue weighted by molar-refractivity contribution is 5.98. The summed E-state index contributed by atoms with van der Waals surface area (Å²) in [6.07, 6.45) is 5.38. The third kappa shape index (κ3) is 3.76. The summed E-state index contributed by atoms with van der Waals surface area (Å²) in [7, 11) is 0. The van der Waals surface area contributed by atoms with Gasteiger partial charge in [0.05, 0.1) is 18.9 Å². The van der Waals surface area contributed by atoms with Crippen LogP contribution in [0.1, 0.15) is 28.8 Å². The van der Waals surface area contributed by atoms with Gasteiger partial charge in [0, 0.05) is 42.5 Å². The van der Waals surface area contributed by atoms with E-state index < -0.39 is 0 Å². The summed E-state index contributed by atoms with van der Waals surface area (Å²) >= 11 is 0. The summed E-state index contributed by atoms with van der Waals surface area (Å²) in [6.45, 7) is 2.36. The van der Waals surface area contributed by atoms with Crippen molar-refractivity contribution in [2.75, 3.05) is 13.2 Å². The molecule has 0 amide bonds. The van der Waals surface area contributed by atoms with Crippen LogP contribution >= 0.6 is 0 Å². The fourth-order valence-electron chi connectivity index (χ4n) is 4.69. The van der Waals surface area contributed by atoms with Gasteiger partial charge in [-0.2, -0.15) is 5.10 Å². The van der Waals surface area contributed by atoms with Gasteiger partial charge in [-0.25, -0.2) is 4.68 Å². The molecule has 1 aromatic heterocycles. The van der Waals surface area contributed by atoms with Gasteiger partial charge in [-0.05, 0) is 48.7 Å². The molecule has 148 valence electrons. The molecule has 5 rings (SSSR count). The summed E-state index contributed by atoms with van der Waals surface area (Å²) < 4.78 is 7.64. The fraction of sp³-hybridized carbons (Fsp3) is 0.333. The van der Waals surface area contributed by atoms with E-state index >= 15 is 0 Å². The molecule has 2 unspecified atom stereocenters. The van der Waals surface area contributed by atoms with Crippen molar-refractivity contribution in [3.05, 3.63) is 84.2 Å². The number of hydrogen-bond donors (Lipinski definition) is 0. The largest absolute Gasteiger partial charge is 0.378 e. The van der Waals surface area contributed by atoms with E-state index in [1.807, 2.05) is 36.5 Å². The molecule has 2 saturated heterocycles. The maximum atomic E-state index is 13.2.